The third kappa shape index (κ3) is 1.82. The summed E-state index contributed by atoms with van der Waals surface area (Å²) in [6.45, 7) is 0. The standard InChI is InChI=1S/C15H9BrN3S/c16-11-7-5-10(6-8-11)14-9-20-15-12-3-1-2-4-13(12)17-18-19(14)15/h1-9H/q+1. The van der Waals surface area contributed by atoms with Gasteiger partial charge in [0.1, 0.15) is 5.21 Å². The minimum absolute atomic E-state index is 0.928. The molecule has 0 radical (unpaired) electrons. The summed E-state index contributed by atoms with van der Waals surface area (Å²) >= 11 is 5.15. The van der Waals surface area contributed by atoms with Crippen molar-refractivity contribution < 1.29 is 4.52 Å². The van der Waals surface area contributed by atoms with Crippen molar-refractivity contribution in [3.63, 3.8) is 0 Å². The van der Waals surface area contributed by atoms with E-state index in [4.69, 9.17) is 0 Å². The van der Waals surface area contributed by atoms with Crippen LogP contribution in [-0.2, 0) is 0 Å². The van der Waals surface area contributed by atoms with Crippen LogP contribution in [0.2, 0.25) is 0 Å². The van der Waals surface area contributed by atoms with Gasteiger partial charge >= 0.3 is 0 Å². The van der Waals surface area contributed by atoms with Crippen molar-refractivity contribution in [2.45, 2.75) is 0 Å². The van der Waals surface area contributed by atoms with Gasteiger partial charge in [0.15, 0.2) is 5.69 Å². The van der Waals surface area contributed by atoms with E-state index in [1.165, 1.54) is 0 Å². The van der Waals surface area contributed by atoms with E-state index in [0.29, 0.717) is 0 Å². The fourth-order valence-electron chi connectivity index (χ4n) is 2.23. The number of hydrogen-bond donors (Lipinski definition) is 0. The number of aromatic nitrogens is 3. The third-order valence-corrected chi connectivity index (χ3v) is 4.70. The number of rotatable bonds is 1. The molecule has 20 heavy (non-hydrogen) atoms. The Labute approximate surface area is 127 Å². The lowest BCUT2D eigenvalue weighted by atomic mass is 10.2. The molecule has 96 valence electrons. The molecule has 0 aliphatic carbocycles. The Bertz CT molecular complexity index is 915. The maximum absolute atomic E-state index is 4.33. The molecule has 0 unspecified atom stereocenters. The van der Waals surface area contributed by atoms with E-state index < -0.39 is 0 Å². The first-order valence-electron chi connectivity index (χ1n) is 6.14. The molecule has 0 aliphatic heterocycles. The first-order valence-corrected chi connectivity index (χ1v) is 7.81. The summed E-state index contributed by atoms with van der Waals surface area (Å²) in [6.07, 6.45) is 0. The Balaban J connectivity index is 2.02. The fraction of sp³-hybridized carbons (Fsp3) is 0. The number of halogens is 1. The highest BCUT2D eigenvalue weighted by Crippen LogP contribution is 2.25. The summed E-state index contributed by atoms with van der Waals surface area (Å²) in [5.74, 6) is 0. The van der Waals surface area contributed by atoms with Crippen LogP contribution in [-0.4, -0.2) is 10.3 Å². The van der Waals surface area contributed by atoms with Crippen LogP contribution in [0.3, 0.4) is 0 Å². The summed E-state index contributed by atoms with van der Waals surface area (Å²) in [5, 5.41) is 11.9. The van der Waals surface area contributed by atoms with Crippen LogP contribution in [0.5, 0.6) is 0 Å². The van der Waals surface area contributed by atoms with Crippen molar-refractivity contribution in [1.29, 1.82) is 0 Å². The Morgan fingerprint density at radius 1 is 1.00 bits per heavy atom. The molecule has 0 spiro atoms. The van der Waals surface area contributed by atoms with Crippen LogP contribution in [0.25, 0.3) is 27.0 Å². The number of benzene rings is 2. The normalized spacial score (nSPS) is 11.2. The van der Waals surface area contributed by atoms with Crippen LogP contribution >= 0.6 is 27.3 Å². The predicted molar refractivity (Wildman–Crippen MR) is 83.7 cm³/mol. The van der Waals surface area contributed by atoms with Gasteiger partial charge in [-0.1, -0.05) is 43.9 Å². The second-order valence-electron chi connectivity index (χ2n) is 4.45. The van der Waals surface area contributed by atoms with Crippen LogP contribution in [0, 0.1) is 0 Å². The maximum Gasteiger partial charge on any atom is 0.222 e. The van der Waals surface area contributed by atoms with Crippen molar-refractivity contribution in [2.75, 3.05) is 0 Å². The molecule has 0 saturated carbocycles. The van der Waals surface area contributed by atoms with Gasteiger partial charge in [0.2, 0.25) is 10.3 Å². The fourth-order valence-corrected chi connectivity index (χ4v) is 3.49. The molecule has 5 heteroatoms. The van der Waals surface area contributed by atoms with Gasteiger partial charge in [-0.15, -0.1) is 0 Å². The van der Waals surface area contributed by atoms with Gasteiger partial charge in [-0.2, -0.15) is 0 Å². The molecule has 0 bridgehead atoms. The van der Waals surface area contributed by atoms with Gasteiger partial charge in [-0.25, -0.2) is 0 Å². The molecular formula is C15H9BrN3S+. The van der Waals surface area contributed by atoms with Gasteiger partial charge in [0, 0.05) is 15.4 Å². The first-order chi connectivity index (χ1) is 9.83. The Morgan fingerprint density at radius 2 is 1.80 bits per heavy atom. The lowest BCUT2D eigenvalue weighted by Gasteiger charge is -1.96. The zero-order chi connectivity index (χ0) is 13.5. The van der Waals surface area contributed by atoms with Crippen LogP contribution < -0.4 is 4.52 Å². The maximum atomic E-state index is 4.33. The second kappa shape index (κ2) is 4.61. The van der Waals surface area contributed by atoms with Crippen LogP contribution in [0.4, 0.5) is 0 Å². The molecule has 0 fully saturated rings. The molecule has 0 aliphatic rings. The third-order valence-electron chi connectivity index (χ3n) is 3.22. The number of hydrogen-bond acceptors (Lipinski definition) is 3. The highest BCUT2D eigenvalue weighted by Gasteiger charge is 2.17. The summed E-state index contributed by atoms with van der Waals surface area (Å²) < 4.78 is 2.98. The molecule has 0 N–H and O–H groups in total. The van der Waals surface area contributed by atoms with Crippen molar-refractivity contribution in [3.8, 4) is 11.3 Å². The largest absolute Gasteiger partial charge is 0.222 e. The molecule has 0 atom stereocenters. The Morgan fingerprint density at radius 3 is 2.65 bits per heavy atom. The van der Waals surface area contributed by atoms with E-state index in [2.05, 4.69) is 49.8 Å². The van der Waals surface area contributed by atoms with Crippen LogP contribution in [0.15, 0.2) is 58.4 Å². The lowest BCUT2D eigenvalue weighted by molar-refractivity contribution is -0.570. The van der Waals surface area contributed by atoms with Gasteiger partial charge in [0.05, 0.1) is 10.5 Å². The summed E-state index contributed by atoms with van der Waals surface area (Å²) in [4.78, 5) is 1.12. The molecule has 4 rings (SSSR count). The van der Waals surface area contributed by atoms with E-state index in [1.54, 1.807) is 11.3 Å². The summed E-state index contributed by atoms with van der Waals surface area (Å²) in [6, 6.07) is 16.3. The molecule has 2 heterocycles. The average Bonchev–Trinajstić information content (AvgIpc) is 2.92. The highest BCUT2D eigenvalue weighted by molar-refractivity contribution is 9.10. The first kappa shape index (κ1) is 11.9. The highest BCUT2D eigenvalue weighted by atomic mass is 79.9. The number of nitrogens with zero attached hydrogens (tertiary/aromatic N) is 3. The second-order valence-corrected chi connectivity index (χ2v) is 6.23. The van der Waals surface area contributed by atoms with E-state index >= 15 is 0 Å². The molecule has 2 aromatic heterocycles. The van der Waals surface area contributed by atoms with Gasteiger partial charge < -0.3 is 0 Å². The molecular weight excluding hydrogens is 334 g/mol. The predicted octanol–water partition coefficient (Wildman–Crippen LogP) is 3.86. The number of fused-ring (bicyclic) bond motifs is 3. The van der Waals surface area contributed by atoms with Crippen molar-refractivity contribution in [2.24, 2.45) is 0 Å². The molecule has 0 amide bonds. The Kier molecular flexibility index (Phi) is 2.75. The molecule has 0 saturated heterocycles. The molecule has 2 aromatic carbocycles. The quantitative estimate of drug-likeness (QED) is 0.491. The number of thiazole rings is 1. The zero-order valence-corrected chi connectivity index (χ0v) is 12.7. The van der Waals surface area contributed by atoms with E-state index in [0.717, 1.165) is 31.5 Å². The minimum Gasteiger partial charge on any atom is -0.0951 e. The van der Waals surface area contributed by atoms with Gasteiger partial charge in [0.25, 0.3) is 0 Å². The van der Waals surface area contributed by atoms with Crippen LogP contribution in [0.1, 0.15) is 0 Å². The van der Waals surface area contributed by atoms with E-state index in [9.17, 15) is 0 Å². The van der Waals surface area contributed by atoms with Crippen molar-refractivity contribution in [3.05, 3.63) is 58.4 Å². The van der Waals surface area contributed by atoms with Gasteiger partial charge in [-0.05, 0) is 36.4 Å². The average molecular weight is 343 g/mol. The topological polar surface area (TPSA) is 29.9 Å². The zero-order valence-electron chi connectivity index (χ0n) is 10.3. The molecule has 3 nitrogen and oxygen atoms in total. The molecule has 4 aromatic rings. The van der Waals surface area contributed by atoms with E-state index in [-0.39, 0.29) is 0 Å². The SMILES string of the molecule is Brc1ccc(-c2csc3c4ccccc4nn[n+]23)cc1. The van der Waals surface area contributed by atoms with Gasteiger partial charge in [-0.3, -0.25) is 0 Å². The van der Waals surface area contributed by atoms with Crippen molar-refractivity contribution in [1.82, 2.24) is 10.3 Å². The monoisotopic (exact) mass is 342 g/mol. The smallest absolute Gasteiger partial charge is 0.0951 e. The summed E-state index contributed by atoms with van der Waals surface area (Å²) in [7, 11) is 0. The summed E-state index contributed by atoms with van der Waals surface area (Å²) in [5.41, 5.74) is 3.13. The minimum atomic E-state index is 0.928. The Hall–Kier alpha value is -1.85. The van der Waals surface area contributed by atoms with Crippen molar-refractivity contribution >= 4 is 43.0 Å². The lowest BCUT2D eigenvalue weighted by Crippen LogP contribution is -2.27. The van der Waals surface area contributed by atoms with E-state index in [1.807, 2.05) is 34.8 Å².